The molecule has 10 heteroatoms. The van der Waals surface area contributed by atoms with Crippen LogP contribution in [-0.4, -0.2) is 32.0 Å². The zero-order chi connectivity index (χ0) is 25.0. The SMILES string of the molecule is NC1(C(=O)Nc2cc(-c3ccc4ncnn4c3)cc3c2C(c2cc(F)ccc2Cl)NC3=O)CCCC1. The van der Waals surface area contributed by atoms with Crippen LogP contribution < -0.4 is 16.4 Å². The number of anilines is 1. The van der Waals surface area contributed by atoms with Crippen LogP contribution in [0.1, 0.15) is 53.2 Å². The molecule has 36 heavy (non-hydrogen) atoms. The zero-order valence-corrected chi connectivity index (χ0v) is 19.8. The highest BCUT2D eigenvalue weighted by molar-refractivity contribution is 6.31. The fourth-order valence-corrected chi connectivity index (χ4v) is 5.37. The van der Waals surface area contributed by atoms with E-state index in [1.165, 1.54) is 24.5 Å². The van der Waals surface area contributed by atoms with Gasteiger partial charge in [0.05, 0.1) is 11.6 Å². The van der Waals surface area contributed by atoms with Gasteiger partial charge >= 0.3 is 0 Å². The van der Waals surface area contributed by atoms with Gasteiger partial charge in [0, 0.05) is 39.2 Å². The molecule has 6 rings (SSSR count). The summed E-state index contributed by atoms with van der Waals surface area (Å²) in [5.74, 6) is -1.14. The third kappa shape index (κ3) is 3.71. The van der Waals surface area contributed by atoms with Crippen LogP contribution in [0.2, 0.25) is 5.02 Å². The molecule has 1 atom stereocenters. The van der Waals surface area contributed by atoms with Gasteiger partial charge in [0.15, 0.2) is 5.65 Å². The third-order valence-corrected chi connectivity index (χ3v) is 7.41. The highest BCUT2D eigenvalue weighted by Crippen LogP contribution is 2.42. The number of nitrogens with one attached hydrogen (secondary N) is 2. The van der Waals surface area contributed by atoms with E-state index in [9.17, 15) is 14.0 Å². The summed E-state index contributed by atoms with van der Waals surface area (Å²) in [5, 5.41) is 10.4. The molecule has 182 valence electrons. The van der Waals surface area contributed by atoms with E-state index in [1.807, 2.05) is 12.1 Å². The van der Waals surface area contributed by atoms with Gasteiger partial charge < -0.3 is 16.4 Å². The first kappa shape index (κ1) is 22.6. The Morgan fingerprint density at radius 2 is 1.97 bits per heavy atom. The van der Waals surface area contributed by atoms with Crippen LogP contribution in [0.3, 0.4) is 0 Å². The number of pyridine rings is 1. The Balaban J connectivity index is 1.51. The van der Waals surface area contributed by atoms with Crippen LogP contribution in [0.15, 0.2) is 55.0 Å². The summed E-state index contributed by atoms with van der Waals surface area (Å²) >= 11 is 6.41. The lowest BCUT2D eigenvalue weighted by Crippen LogP contribution is -2.48. The molecule has 1 aliphatic carbocycles. The van der Waals surface area contributed by atoms with Gasteiger partial charge in [-0.05, 0) is 60.9 Å². The summed E-state index contributed by atoms with van der Waals surface area (Å²) in [4.78, 5) is 30.6. The first-order chi connectivity index (χ1) is 17.3. The highest BCUT2D eigenvalue weighted by Gasteiger charge is 2.39. The summed E-state index contributed by atoms with van der Waals surface area (Å²) in [5.41, 5.74) is 9.30. The number of hydrogen-bond donors (Lipinski definition) is 3. The van der Waals surface area contributed by atoms with Gasteiger partial charge in [-0.1, -0.05) is 24.4 Å². The number of benzene rings is 2. The number of carbonyl (C=O) groups excluding carboxylic acids is 2. The Labute approximate surface area is 210 Å². The second kappa shape index (κ2) is 8.39. The summed E-state index contributed by atoms with van der Waals surface area (Å²) in [7, 11) is 0. The smallest absolute Gasteiger partial charge is 0.252 e. The van der Waals surface area contributed by atoms with Crippen LogP contribution in [0.5, 0.6) is 0 Å². The number of nitrogens with zero attached hydrogens (tertiary/aromatic N) is 3. The maximum absolute atomic E-state index is 14.2. The minimum Gasteiger partial charge on any atom is -0.341 e. The van der Waals surface area contributed by atoms with Crippen molar-refractivity contribution < 1.29 is 14.0 Å². The summed E-state index contributed by atoms with van der Waals surface area (Å²) in [6.45, 7) is 0. The minimum atomic E-state index is -0.982. The topological polar surface area (TPSA) is 114 Å². The van der Waals surface area contributed by atoms with Crippen molar-refractivity contribution in [2.24, 2.45) is 5.73 Å². The van der Waals surface area contributed by atoms with Crippen molar-refractivity contribution in [2.75, 3.05) is 5.32 Å². The van der Waals surface area contributed by atoms with Gasteiger partial charge in [0.1, 0.15) is 12.1 Å². The molecular weight excluding hydrogens is 483 g/mol. The molecule has 0 saturated heterocycles. The van der Waals surface area contributed by atoms with Crippen molar-refractivity contribution in [3.63, 3.8) is 0 Å². The Kier molecular flexibility index (Phi) is 5.27. The van der Waals surface area contributed by atoms with Crippen molar-refractivity contribution in [2.45, 2.75) is 37.3 Å². The van der Waals surface area contributed by atoms with E-state index >= 15 is 0 Å². The van der Waals surface area contributed by atoms with E-state index in [0.717, 1.165) is 18.4 Å². The number of aromatic nitrogens is 3. The standard InChI is InChI=1S/C26H22ClFN6O2/c27-19-5-4-16(28)11-17(19)23-22-18(24(35)33-23)9-15(14-3-6-21-30-13-31-34(21)12-14)10-20(22)32-25(36)26(29)7-1-2-8-26/h3-6,9-13,23H,1-2,7-8,29H2,(H,32,36)(H,33,35). The van der Waals surface area contributed by atoms with Gasteiger partial charge in [0.2, 0.25) is 5.91 Å². The third-order valence-electron chi connectivity index (χ3n) is 7.06. The van der Waals surface area contributed by atoms with E-state index in [4.69, 9.17) is 17.3 Å². The van der Waals surface area contributed by atoms with Crippen molar-refractivity contribution in [1.29, 1.82) is 0 Å². The molecule has 1 aliphatic heterocycles. The van der Waals surface area contributed by atoms with E-state index in [2.05, 4.69) is 20.7 Å². The average Bonchev–Trinajstić information content (AvgIpc) is 3.60. The van der Waals surface area contributed by atoms with Crippen LogP contribution in [0.25, 0.3) is 16.8 Å². The van der Waals surface area contributed by atoms with Gasteiger partial charge in [-0.15, -0.1) is 0 Å². The molecule has 1 saturated carbocycles. The van der Waals surface area contributed by atoms with Crippen LogP contribution in [0, 0.1) is 5.82 Å². The van der Waals surface area contributed by atoms with Crippen LogP contribution in [-0.2, 0) is 4.79 Å². The number of rotatable bonds is 4. The molecule has 3 heterocycles. The second-order valence-electron chi connectivity index (χ2n) is 9.36. The molecule has 1 fully saturated rings. The molecule has 1 unspecified atom stereocenters. The normalized spacial score (nSPS) is 18.3. The number of fused-ring (bicyclic) bond motifs is 2. The molecule has 4 N–H and O–H groups in total. The second-order valence-corrected chi connectivity index (χ2v) is 9.76. The fraction of sp³-hybridized carbons (Fsp3) is 0.231. The lowest BCUT2D eigenvalue weighted by molar-refractivity contribution is -0.121. The van der Waals surface area contributed by atoms with E-state index in [1.54, 1.807) is 22.8 Å². The van der Waals surface area contributed by atoms with Gasteiger partial charge in [0.25, 0.3) is 5.91 Å². The molecular formula is C26H22ClFN6O2. The van der Waals surface area contributed by atoms with Gasteiger partial charge in [-0.25, -0.2) is 13.9 Å². The molecule has 2 aliphatic rings. The number of carbonyl (C=O) groups is 2. The quantitative estimate of drug-likeness (QED) is 0.385. The number of nitrogens with two attached hydrogens (primary N) is 1. The molecule has 0 spiro atoms. The van der Waals surface area contributed by atoms with Crippen LogP contribution >= 0.6 is 11.6 Å². The Hall–Kier alpha value is -3.82. The molecule has 2 amide bonds. The van der Waals surface area contributed by atoms with E-state index in [-0.39, 0.29) is 11.8 Å². The molecule has 0 radical (unpaired) electrons. The van der Waals surface area contributed by atoms with Gasteiger partial charge in [-0.3, -0.25) is 9.59 Å². The summed E-state index contributed by atoms with van der Waals surface area (Å²) in [6.07, 6.45) is 6.17. The monoisotopic (exact) mass is 504 g/mol. The largest absolute Gasteiger partial charge is 0.341 e. The lowest BCUT2D eigenvalue weighted by Gasteiger charge is -2.25. The first-order valence-corrected chi connectivity index (χ1v) is 12.0. The summed E-state index contributed by atoms with van der Waals surface area (Å²) < 4.78 is 15.8. The number of halogens is 2. The molecule has 2 aromatic heterocycles. The van der Waals surface area contributed by atoms with E-state index < -0.39 is 17.4 Å². The summed E-state index contributed by atoms with van der Waals surface area (Å²) in [6, 6.07) is 10.5. The predicted molar refractivity (Wildman–Crippen MR) is 133 cm³/mol. The van der Waals surface area contributed by atoms with Crippen molar-refractivity contribution in [1.82, 2.24) is 19.9 Å². The Morgan fingerprint density at radius 3 is 2.78 bits per heavy atom. The van der Waals surface area contributed by atoms with E-state index in [0.29, 0.717) is 51.5 Å². The first-order valence-electron chi connectivity index (χ1n) is 11.7. The molecule has 2 aromatic carbocycles. The molecule has 8 nitrogen and oxygen atoms in total. The Morgan fingerprint density at radius 1 is 1.17 bits per heavy atom. The van der Waals surface area contributed by atoms with Crippen LogP contribution in [0.4, 0.5) is 10.1 Å². The lowest BCUT2D eigenvalue weighted by atomic mass is 9.92. The van der Waals surface area contributed by atoms with Gasteiger partial charge in [-0.2, -0.15) is 5.10 Å². The number of hydrogen-bond acceptors (Lipinski definition) is 5. The van der Waals surface area contributed by atoms with Crippen molar-refractivity contribution in [3.05, 3.63) is 82.5 Å². The predicted octanol–water partition coefficient (Wildman–Crippen LogP) is 4.23. The maximum Gasteiger partial charge on any atom is 0.252 e. The minimum absolute atomic E-state index is 0.304. The van der Waals surface area contributed by atoms with Crippen molar-refractivity contribution >= 4 is 34.7 Å². The average molecular weight is 505 g/mol. The highest BCUT2D eigenvalue weighted by atomic mass is 35.5. The maximum atomic E-state index is 14.2. The fourth-order valence-electron chi connectivity index (χ4n) is 5.14. The molecule has 0 bridgehead atoms. The number of amides is 2. The molecule has 4 aromatic rings. The zero-order valence-electron chi connectivity index (χ0n) is 19.1. The van der Waals surface area contributed by atoms with Crippen molar-refractivity contribution in [3.8, 4) is 11.1 Å². The Bertz CT molecular complexity index is 1540.